The molecule has 0 radical (unpaired) electrons. The SMILES string of the molecule is Cc1nnc(-c2ccc(CC(=O)NCCCCCCOP(=O)(O)OP(=O)(O)OP(=O)(O)OP(=O)(O)OP(=O)(O)OP(=O)(O)OC[C@@H]3O[C@H](n4cc(C)c(=O)[nH]c4=O)C[C@@H]3O)cc2)c2c1CCC(OC(=O)NCCOP(=O)([O-])OC[C@H]1O[C@@H](n3cc(C)c(=O)[nH]c3=O)CC1OP(=O)([O-])OC[C@H]1O[C@@H](n3cc(C)c(=O)[nH]c3=O)CC1O)CCC2. The number of aromatic nitrogens is 8. The van der Waals surface area contributed by atoms with Gasteiger partial charge in [-0.15, -0.1) is 5.10 Å². The van der Waals surface area contributed by atoms with Gasteiger partial charge in [-0.1, -0.05) is 37.1 Å². The van der Waals surface area contributed by atoms with Gasteiger partial charge in [0.05, 0.1) is 69.2 Å². The van der Waals surface area contributed by atoms with E-state index in [1.165, 1.54) is 27.0 Å². The summed E-state index contributed by atoms with van der Waals surface area (Å²) >= 11 is 0. The quantitative estimate of drug-likeness (QED) is 0.0194. The predicted molar refractivity (Wildman–Crippen MR) is 387 cm³/mol. The highest BCUT2D eigenvalue weighted by Crippen LogP contribution is 2.75. The fraction of sp³-hybridized carbons (Fsp3) is 0.586. The number of rotatable bonds is 40. The van der Waals surface area contributed by atoms with Crippen molar-refractivity contribution in [3.8, 4) is 11.3 Å². The van der Waals surface area contributed by atoms with E-state index < -0.39 is 210 Å². The molecule has 9 rings (SSSR count). The van der Waals surface area contributed by atoms with E-state index in [2.05, 4.69) is 61.4 Å². The molecule has 0 spiro atoms. The van der Waals surface area contributed by atoms with Gasteiger partial charge in [0.1, 0.15) is 43.1 Å². The minimum atomic E-state index is -6.57. The molecule has 1 aromatic carbocycles. The van der Waals surface area contributed by atoms with Gasteiger partial charge < -0.3 is 97.0 Å². The Morgan fingerprint density at radius 1 is 0.521 bits per heavy atom. The lowest BCUT2D eigenvalue weighted by molar-refractivity contribution is -0.236. The molecule has 3 aliphatic heterocycles. The maximum Gasteiger partial charge on any atom is 0.490 e. The number of aliphatic hydroxyl groups is 2. The first kappa shape index (κ1) is 94.8. The number of aromatic amines is 3. The number of amides is 2. The summed E-state index contributed by atoms with van der Waals surface area (Å²) in [6.45, 7) is 1.46. The Hall–Kier alpha value is -6.04. The second kappa shape index (κ2) is 39.9. The van der Waals surface area contributed by atoms with Gasteiger partial charge in [-0.2, -0.15) is 26.7 Å². The van der Waals surface area contributed by atoms with Crippen molar-refractivity contribution in [1.29, 1.82) is 0 Å². The van der Waals surface area contributed by atoms with E-state index in [-0.39, 0.29) is 61.2 Å². The Morgan fingerprint density at radius 3 is 1.51 bits per heavy atom. The Morgan fingerprint density at radius 2 is 0.983 bits per heavy atom. The van der Waals surface area contributed by atoms with Gasteiger partial charge in [0.25, 0.3) is 32.3 Å². The highest BCUT2D eigenvalue weighted by atomic mass is 31.3. The van der Waals surface area contributed by atoms with Crippen molar-refractivity contribution in [2.24, 2.45) is 0 Å². The second-order valence-corrected chi connectivity index (χ2v) is 38.8. The molecule has 1 aliphatic carbocycles. The summed E-state index contributed by atoms with van der Waals surface area (Å²) in [6, 6.07) is 7.04. The minimum Gasteiger partial charge on any atom is -0.756 e. The molecule has 4 aromatic heterocycles. The van der Waals surface area contributed by atoms with Gasteiger partial charge in [0.2, 0.25) is 5.91 Å². The number of aryl methyl sites for hydroxylation is 4. The van der Waals surface area contributed by atoms with E-state index in [0.29, 0.717) is 67.5 Å². The summed E-state index contributed by atoms with van der Waals surface area (Å²) in [7, 11) is -48.1. The first-order chi connectivity index (χ1) is 54.5. The smallest absolute Gasteiger partial charge is 0.490 e. The Labute approximate surface area is 659 Å². The number of nitrogens with one attached hydrogen (secondary N) is 5. The van der Waals surface area contributed by atoms with Crippen LogP contribution < -0.4 is 54.2 Å². The molecule has 3 fully saturated rings. The van der Waals surface area contributed by atoms with Crippen LogP contribution >= 0.6 is 62.6 Å². The number of unbranched alkanes of at least 4 members (excludes halogenated alkanes) is 3. The Balaban J connectivity index is 0.642. The van der Waals surface area contributed by atoms with Crippen molar-refractivity contribution in [2.75, 3.05) is 46.1 Å². The summed E-state index contributed by atoms with van der Waals surface area (Å²) in [5, 5.41) is 35.0. The van der Waals surface area contributed by atoms with Crippen molar-refractivity contribution in [3.05, 3.63) is 144 Å². The normalized spacial score (nSPS) is 25.1. The number of hydrogen-bond acceptors (Lipinski definition) is 37. The third-order valence-corrected chi connectivity index (χ3v) is 28.8. The van der Waals surface area contributed by atoms with Gasteiger partial charge in [-0.05, 0) is 89.3 Å². The fourth-order valence-corrected chi connectivity index (χ4v) is 21.6. The average molecular weight is 1820 g/mol. The first-order valence-corrected chi connectivity index (χ1v) is 46.9. The molecular weight excluding hydrogens is 1740 g/mol. The van der Waals surface area contributed by atoms with E-state index in [4.69, 9.17) is 37.0 Å². The van der Waals surface area contributed by atoms with Gasteiger partial charge in [-0.25, -0.2) is 46.6 Å². The van der Waals surface area contributed by atoms with Crippen LogP contribution in [0.1, 0.15) is 122 Å². The van der Waals surface area contributed by atoms with Gasteiger partial charge in [-0.3, -0.25) is 66.0 Å². The Kier molecular flexibility index (Phi) is 32.3. The molecule has 0 bridgehead atoms. The molecule has 51 nitrogen and oxygen atoms in total. The van der Waals surface area contributed by atoms with Crippen LogP contribution in [0, 0.1) is 27.7 Å². The van der Waals surface area contributed by atoms with Crippen LogP contribution in [0.4, 0.5) is 4.79 Å². The molecule has 0 saturated carbocycles. The van der Waals surface area contributed by atoms with E-state index in [1.807, 2.05) is 4.98 Å². The topological polar surface area (TPSA) is 732 Å². The van der Waals surface area contributed by atoms with Crippen LogP contribution in [0.25, 0.3) is 11.3 Å². The van der Waals surface area contributed by atoms with Crippen LogP contribution in [-0.2, 0) is 128 Å². The number of fused-ring (bicyclic) bond motifs is 1. The van der Waals surface area contributed by atoms with E-state index in [1.54, 1.807) is 31.2 Å². The summed E-state index contributed by atoms with van der Waals surface area (Å²) < 4.78 is 174. The molecule has 2 amide bonds. The third kappa shape index (κ3) is 28.3. The third-order valence-electron chi connectivity index (χ3n) is 17.6. The zero-order valence-corrected chi connectivity index (χ0v) is 69.0. The number of nitrogens with zero attached hydrogens (tertiary/aromatic N) is 5. The molecule has 652 valence electrons. The highest BCUT2D eigenvalue weighted by Gasteiger charge is 2.51. The summed E-state index contributed by atoms with van der Waals surface area (Å²) in [5.41, 5.74) is -0.232. The van der Waals surface area contributed by atoms with Crippen molar-refractivity contribution >= 4 is 74.6 Å². The summed E-state index contributed by atoms with van der Waals surface area (Å²) in [5.74, 6) is -0.341. The molecule has 7 heterocycles. The van der Waals surface area contributed by atoms with Crippen molar-refractivity contribution < 1.29 is 163 Å². The van der Waals surface area contributed by atoms with Crippen LogP contribution in [0.2, 0.25) is 0 Å². The van der Waals surface area contributed by atoms with Crippen molar-refractivity contribution in [3.63, 3.8) is 0 Å². The molecule has 5 aromatic rings. The predicted octanol–water partition coefficient (Wildman–Crippen LogP) is 1.29. The average Bonchev–Trinajstić information content (AvgIpc) is 1.74. The number of benzene rings is 1. The number of carbonyl (C=O) groups excluding carboxylic acids is 2. The van der Waals surface area contributed by atoms with Crippen LogP contribution in [0.15, 0.2) is 71.6 Å². The standard InChI is InChI=1S/C58H84N10O41P8/c1-32-26-66(55(75)61-52(32)72)48-23-41(69)44(101-48)29-98-111(81,82)104-43-25-50(68-28-34(3)54(74)63-57(68)77)103-46(43)31-97-110(79,80)96-21-19-60-58(78)100-38-10-9-11-40-39(17-16-38)35(4)64-65-51(40)37-14-12-36(13-15-37)22-47(71)59-18-7-5-6-8-20-95-112(83,84)105-114(87,88)107-116(91,92)109-117(93,94)108-115(89,90)106-113(85,86)99-30-45-42(70)24-49(102-45)67-27-33(2)53(73)62-56(67)76/h12-15,26-28,38,41-46,48-50,69-70H,5-11,16-25,29-31H2,1-4H3,(H,59,71)(H,60,78)(H,79,80)(H,81,82)(H,83,84)(H,85,86)(H,87,88)(H,89,90)(H,91,92)(H,93,94)(H,61,72,75)(H,62,73,76)(H,63,74,77)/p-2/t38?,41?,42-,43?,44+,45-,46+,48+,49-,50+/m0/s1. The van der Waals surface area contributed by atoms with Gasteiger partial charge >= 0.3 is 70.1 Å². The van der Waals surface area contributed by atoms with Gasteiger partial charge in [0, 0.05) is 73.2 Å². The largest absolute Gasteiger partial charge is 0.756 e. The monoisotopic (exact) mass is 1820 g/mol. The zero-order chi connectivity index (χ0) is 86.0. The number of H-pyrrole nitrogens is 3. The molecule has 3 saturated heterocycles. The molecule has 13 N–H and O–H groups in total. The van der Waals surface area contributed by atoms with E-state index >= 15 is 0 Å². The first-order valence-electron chi connectivity index (χ1n) is 35.0. The number of aliphatic hydroxyl groups excluding tert-OH is 2. The van der Waals surface area contributed by atoms with E-state index in [0.717, 1.165) is 37.2 Å². The minimum absolute atomic E-state index is 0.0159. The summed E-state index contributed by atoms with van der Waals surface area (Å²) in [4.78, 5) is 191. The number of phosphoric ester groups is 4. The molecule has 117 heavy (non-hydrogen) atoms. The maximum absolute atomic E-state index is 13.3. The van der Waals surface area contributed by atoms with Crippen LogP contribution in [0.3, 0.4) is 0 Å². The number of hydrogen-bond donors (Lipinski definition) is 13. The maximum atomic E-state index is 13.3. The lowest BCUT2D eigenvalue weighted by atomic mass is 9.89. The number of carbonyl (C=O) groups is 2. The summed E-state index contributed by atoms with van der Waals surface area (Å²) in [6.07, 6.45) is -8.57. The number of ether oxygens (including phenoxy) is 4. The molecule has 59 heteroatoms. The van der Waals surface area contributed by atoms with Crippen LogP contribution in [0.5, 0.6) is 0 Å². The molecule has 11 unspecified atom stereocenters. The highest BCUT2D eigenvalue weighted by molar-refractivity contribution is 7.72. The number of phosphoric acid groups is 8. The molecule has 4 aliphatic rings. The van der Waals surface area contributed by atoms with Crippen molar-refractivity contribution in [2.45, 2.75) is 173 Å². The molecule has 18 atom stereocenters. The second-order valence-electron chi connectivity index (χ2n) is 26.6. The van der Waals surface area contributed by atoms with Crippen molar-refractivity contribution in [1.82, 2.24) is 49.5 Å². The lowest BCUT2D eigenvalue weighted by Crippen LogP contribution is -2.34. The number of alkyl carbamates (subject to hydrolysis) is 1. The zero-order valence-electron chi connectivity index (χ0n) is 61.8. The Bertz CT molecular complexity index is 5220. The van der Waals surface area contributed by atoms with Gasteiger partial charge in [0.15, 0.2) is 0 Å². The fourth-order valence-electron chi connectivity index (χ4n) is 12.1. The molecular formula is C58H82N10O41P8-2. The van der Waals surface area contributed by atoms with E-state index in [9.17, 15) is 124 Å². The van der Waals surface area contributed by atoms with Crippen LogP contribution in [-0.4, -0.2) is 179 Å². The lowest BCUT2D eigenvalue weighted by Gasteiger charge is -2.30.